The van der Waals surface area contributed by atoms with Crippen molar-refractivity contribution in [3.63, 3.8) is 0 Å². The van der Waals surface area contributed by atoms with Crippen LogP contribution in [0.2, 0.25) is 0 Å². The number of aromatic nitrogens is 3. The van der Waals surface area contributed by atoms with Crippen LogP contribution in [0.5, 0.6) is 0 Å². The van der Waals surface area contributed by atoms with E-state index in [2.05, 4.69) is 31.2 Å². The van der Waals surface area contributed by atoms with Crippen molar-refractivity contribution < 1.29 is 9.53 Å². The molecule has 3 aromatic heterocycles. The van der Waals surface area contributed by atoms with Gasteiger partial charge in [-0.3, -0.25) is 24.5 Å². The number of pyridine rings is 3. The molecule has 1 fully saturated rings. The summed E-state index contributed by atoms with van der Waals surface area (Å²) in [5.74, 6) is -0.151. The Morgan fingerprint density at radius 3 is 2.88 bits per heavy atom. The van der Waals surface area contributed by atoms with Gasteiger partial charge in [-0.2, -0.15) is 0 Å². The fraction of sp³-hybridized carbons (Fsp3) is 0.385. The zero-order chi connectivity index (χ0) is 23.5. The Labute approximate surface area is 198 Å². The fourth-order valence-corrected chi connectivity index (χ4v) is 4.52. The van der Waals surface area contributed by atoms with Crippen LogP contribution in [-0.2, 0) is 17.7 Å². The highest BCUT2D eigenvalue weighted by molar-refractivity contribution is 5.92. The first-order valence-corrected chi connectivity index (χ1v) is 11.9. The lowest BCUT2D eigenvalue weighted by Crippen LogP contribution is -2.35. The molecule has 8 nitrogen and oxygen atoms in total. The van der Waals surface area contributed by atoms with Gasteiger partial charge >= 0.3 is 0 Å². The number of amides is 1. The predicted molar refractivity (Wildman–Crippen MR) is 131 cm³/mol. The number of ether oxygens (including phenoxy) is 1. The van der Waals surface area contributed by atoms with Gasteiger partial charge in [0.1, 0.15) is 5.69 Å². The van der Waals surface area contributed by atoms with Gasteiger partial charge in [-0.25, -0.2) is 0 Å². The first-order chi connectivity index (χ1) is 16.6. The summed E-state index contributed by atoms with van der Waals surface area (Å²) in [7, 11) is 0. The fourth-order valence-electron chi connectivity index (χ4n) is 4.52. The summed E-state index contributed by atoms with van der Waals surface area (Å²) >= 11 is 0. The lowest BCUT2D eigenvalue weighted by atomic mass is 10.0. The molecule has 176 valence electrons. The highest BCUT2D eigenvalue weighted by Gasteiger charge is 2.20. The molecule has 5 heterocycles. The smallest absolute Gasteiger partial charge is 0.270 e. The van der Waals surface area contributed by atoms with E-state index >= 15 is 0 Å². The molecule has 2 aliphatic rings. The molecule has 0 aliphatic carbocycles. The average Bonchev–Trinajstić information content (AvgIpc) is 3.37. The van der Waals surface area contributed by atoms with Crippen molar-refractivity contribution in [1.82, 2.24) is 25.2 Å². The normalized spacial score (nSPS) is 18.7. The Hall–Kier alpha value is -3.36. The van der Waals surface area contributed by atoms with E-state index in [9.17, 15) is 9.59 Å². The lowest BCUT2D eigenvalue weighted by Gasteiger charge is -2.26. The number of fused-ring (bicyclic) bond motifs is 1. The minimum Gasteiger partial charge on any atom is -0.379 e. The number of carbonyl (C=O) groups excluding carboxylic acids is 1. The predicted octanol–water partition coefficient (Wildman–Crippen LogP) is 2.69. The van der Waals surface area contributed by atoms with Crippen LogP contribution in [-0.4, -0.2) is 58.1 Å². The Morgan fingerprint density at radius 2 is 2.18 bits per heavy atom. The first kappa shape index (κ1) is 22.4. The van der Waals surface area contributed by atoms with Crippen molar-refractivity contribution in [2.45, 2.75) is 38.8 Å². The molecule has 8 heteroatoms. The summed E-state index contributed by atoms with van der Waals surface area (Å²) in [6.45, 7) is 5.74. The van der Waals surface area contributed by atoms with Gasteiger partial charge in [0.05, 0.1) is 23.7 Å². The van der Waals surface area contributed by atoms with E-state index in [-0.39, 0.29) is 17.5 Å². The van der Waals surface area contributed by atoms with Crippen molar-refractivity contribution in [1.29, 1.82) is 0 Å². The van der Waals surface area contributed by atoms with Crippen molar-refractivity contribution in [2.24, 2.45) is 0 Å². The van der Waals surface area contributed by atoms with E-state index in [0.717, 1.165) is 60.2 Å². The largest absolute Gasteiger partial charge is 0.379 e. The molecule has 1 amide bonds. The minimum atomic E-state index is -0.151. The van der Waals surface area contributed by atoms with Gasteiger partial charge in [0.2, 0.25) is 0 Å². The van der Waals surface area contributed by atoms with Gasteiger partial charge in [0.15, 0.2) is 0 Å². The topological polar surface area (TPSA) is 100 Å². The molecular weight excluding hydrogens is 430 g/mol. The molecule has 0 spiro atoms. The summed E-state index contributed by atoms with van der Waals surface area (Å²) in [6.07, 6.45) is 8.35. The maximum absolute atomic E-state index is 12.4. The quantitative estimate of drug-likeness (QED) is 0.588. The summed E-state index contributed by atoms with van der Waals surface area (Å²) in [5, 5.41) is 2.97. The molecule has 2 aliphatic heterocycles. The standard InChI is InChI=1S/C26H29N5O3/c1-2-18-12-23-24(30-25(18)32)11-17(13-27-23)15-31-8-5-19(6-9-31)20-3-4-22(28-14-20)26(33)29-21-7-10-34-16-21/h3-5,11-14,21H,2,6-10,15-16H2,1H3,(H,29,33)(H,30,32)/t21-/m1/s1. The lowest BCUT2D eigenvalue weighted by molar-refractivity contribution is 0.0925. The van der Waals surface area contributed by atoms with Gasteiger partial charge in [0, 0.05) is 44.2 Å². The summed E-state index contributed by atoms with van der Waals surface area (Å²) in [6, 6.07) is 7.74. The highest BCUT2D eigenvalue weighted by atomic mass is 16.5. The molecule has 1 saturated heterocycles. The molecule has 0 radical (unpaired) electrons. The summed E-state index contributed by atoms with van der Waals surface area (Å²) in [4.78, 5) is 38.7. The van der Waals surface area contributed by atoms with E-state index < -0.39 is 0 Å². The molecule has 0 unspecified atom stereocenters. The number of hydrogen-bond acceptors (Lipinski definition) is 6. The Morgan fingerprint density at radius 1 is 1.26 bits per heavy atom. The van der Waals surface area contributed by atoms with Gasteiger partial charge in [-0.1, -0.05) is 19.1 Å². The average molecular weight is 460 g/mol. The molecule has 3 aromatic rings. The Kier molecular flexibility index (Phi) is 6.51. The number of hydrogen-bond donors (Lipinski definition) is 2. The van der Waals surface area contributed by atoms with E-state index in [1.165, 1.54) is 5.57 Å². The molecule has 34 heavy (non-hydrogen) atoms. The maximum Gasteiger partial charge on any atom is 0.270 e. The molecular formula is C26H29N5O3. The minimum absolute atomic E-state index is 0.0378. The second kappa shape index (κ2) is 9.87. The van der Waals surface area contributed by atoms with Crippen molar-refractivity contribution in [3.8, 4) is 0 Å². The highest BCUT2D eigenvalue weighted by Crippen LogP contribution is 2.23. The molecule has 1 atom stereocenters. The van der Waals surface area contributed by atoms with E-state index in [1.807, 2.05) is 31.3 Å². The molecule has 5 rings (SSSR count). The third-order valence-electron chi connectivity index (χ3n) is 6.54. The monoisotopic (exact) mass is 459 g/mol. The van der Waals surface area contributed by atoms with Crippen LogP contribution in [0.4, 0.5) is 0 Å². The molecule has 0 saturated carbocycles. The zero-order valence-electron chi connectivity index (χ0n) is 19.3. The van der Waals surface area contributed by atoms with Gasteiger partial charge < -0.3 is 15.0 Å². The van der Waals surface area contributed by atoms with Crippen molar-refractivity contribution >= 4 is 22.5 Å². The van der Waals surface area contributed by atoms with Gasteiger partial charge in [-0.15, -0.1) is 0 Å². The van der Waals surface area contributed by atoms with Crippen molar-refractivity contribution in [2.75, 3.05) is 26.3 Å². The van der Waals surface area contributed by atoms with Crippen LogP contribution in [0.1, 0.15) is 46.9 Å². The number of nitrogens with zero attached hydrogens (tertiary/aromatic N) is 3. The van der Waals surface area contributed by atoms with Crippen LogP contribution < -0.4 is 10.9 Å². The molecule has 2 N–H and O–H groups in total. The van der Waals surface area contributed by atoms with E-state index in [0.29, 0.717) is 25.3 Å². The number of H-pyrrole nitrogens is 1. The van der Waals surface area contributed by atoms with Crippen LogP contribution in [0.25, 0.3) is 16.6 Å². The summed E-state index contributed by atoms with van der Waals surface area (Å²) < 4.78 is 5.31. The zero-order valence-corrected chi connectivity index (χ0v) is 19.3. The molecule has 0 aromatic carbocycles. The third kappa shape index (κ3) is 4.93. The Bertz CT molecular complexity index is 1280. The van der Waals surface area contributed by atoms with Crippen LogP contribution in [0, 0.1) is 0 Å². The number of aryl methyl sites for hydroxylation is 1. The van der Waals surface area contributed by atoms with E-state index in [4.69, 9.17) is 4.74 Å². The third-order valence-corrected chi connectivity index (χ3v) is 6.54. The Balaban J connectivity index is 1.21. The van der Waals surface area contributed by atoms with Crippen LogP contribution >= 0.6 is 0 Å². The number of carbonyl (C=O) groups is 1. The second-order valence-corrected chi connectivity index (χ2v) is 8.93. The van der Waals surface area contributed by atoms with Crippen LogP contribution in [0.15, 0.2) is 47.5 Å². The maximum atomic E-state index is 12.4. The summed E-state index contributed by atoms with van der Waals surface area (Å²) in [5.41, 5.74) is 6.13. The van der Waals surface area contributed by atoms with E-state index in [1.54, 1.807) is 12.3 Å². The van der Waals surface area contributed by atoms with Gasteiger partial charge in [-0.05, 0) is 54.2 Å². The number of rotatable bonds is 6. The molecule has 0 bridgehead atoms. The number of nitrogens with one attached hydrogen (secondary N) is 2. The van der Waals surface area contributed by atoms with Crippen LogP contribution in [0.3, 0.4) is 0 Å². The van der Waals surface area contributed by atoms with Crippen molar-refractivity contribution in [3.05, 3.63) is 75.5 Å². The SMILES string of the molecule is CCc1cc2ncc(CN3CC=C(c4ccc(C(=O)N[C@@H]5CCOC5)nc4)CC3)cc2[nH]c1=O. The number of aromatic amines is 1. The first-order valence-electron chi connectivity index (χ1n) is 11.9. The second-order valence-electron chi connectivity index (χ2n) is 8.93. The van der Waals surface area contributed by atoms with Gasteiger partial charge in [0.25, 0.3) is 11.5 Å².